The number of rotatable bonds is 8. The lowest BCUT2D eigenvalue weighted by atomic mass is 10.1. The number of nitro groups is 1. The fourth-order valence-electron chi connectivity index (χ4n) is 3.49. The SMILES string of the molecule is Cc1[nH]n(-c2ccccc2)c(=O)c1C=NNC(=O)/C(=C/c1ccc([N+](=O)[O-])cc1)NC(=O)c1ccccc1. The number of benzene rings is 3. The van der Waals surface area contributed by atoms with Crippen molar-refractivity contribution in [1.29, 1.82) is 0 Å². The maximum Gasteiger partial charge on any atom is 0.287 e. The number of para-hydroxylation sites is 1. The molecule has 38 heavy (non-hydrogen) atoms. The summed E-state index contributed by atoms with van der Waals surface area (Å²) in [6.45, 7) is 1.70. The fraction of sp³-hybridized carbons (Fsp3) is 0.0370. The molecule has 0 atom stereocenters. The van der Waals surface area contributed by atoms with Gasteiger partial charge in [-0.15, -0.1) is 0 Å². The molecule has 1 aromatic heterocycles. The van der Waals surface area contributed by atoms with Gasteiger partial charge in [-0.3, -0.25) is 29.6 Å². The molecular weight excluding hydrogens is 488 g/mol. The van der Waals surface area contributed by atoms with Gasteiger partial charge in [0.25, 0.3) is 23.1 Å². The van der Waals surface area contributed by atoms with Crippen molar-refractivity contribution < 1.29 is 14.5 Å². The molecule has 0 aliphatic carbocycles. The first-order valence-electron chi connectivity index (χ1n) is 11.4. The zero-order valence-corrected chi connectivity index (χ0v) is 20.1. The van der Waals surface area contributed by atoms with Gasteiger partial charge in [0.2, 0.25) is 0 Å². The summed E-state index contributed by atoms with van der Waals surface area (Å²) in [6.07, 6.45) is 2.58. The predicted octanol–water partition coefficient (Wildman–Crippen LogP) is 3.30. The zero-order valence-electron chi connectivity index (χ0n) is 20.1. The molecule has 1 heterocycles. The van der Waals surface area contributed by atoms with Gasteiger partial charge in [0.05, 0.1) is 22.4 Å². The molecule has 4 aromatic rings. The first-order chi connectivity index (χ1) is 18.3. The number of hydrazone groups is 1. The third kappa shape index (κ3) is 5.97. The number of carbonyl (C=O) groups excluding carboxylic acids is 2. The van der Waals surface area contributed by atoms with Crippen LogP contribution in [0, 0.1) is 17.0 Å². The number of H-pyrrole nitrogens is 1. The van der Waals surface area contributed by atoms with Crippen molar-refractivity contribution in [2.75, 3.05) is 0 Å². The summed E-state index contributed by atoms with van der Waals surface area (Å²) in [7, 11) is 0. The molecule has 0 unspecified atom stereocenters. The minimum atomic E-state index is -0.763. The van der Waals surface area contributed by atoms with E-state index in [-0.39, 0.29) is 22.5 Å². The van der Waals surface area contributed by atoms with Crippen LogP contribution < -0.4 is 16.3 Å². The largest absolute Gasteiger partial charge is 0.317 e. The molecule has 2 amide bonds. The second-order valence-corrected chi connectivity index (χ2v) is 8.05. The molecule has 4 rings (SSSR count). The number of hydrogen-bond acceptors (Lipinski definition) is 6. The van der Waals surface area contributed by atoms with Crippen LogP contribution in [0.2, 0.25) is 0 Å². The molecule has 3 aromatic carbocycles. The molecule has 0 radical (unpaired) electrons. The number of hydrogen-bond donors (Lipinski definition) is 3. The summed E-state index contributed by atoms with van der Waals surface area (Å²) in [5, 5.41) is 20.4. The lowest BCUT2D eigenvalue weighted by Gasteiger charge is -2.09. The molecule has 0 aliphatic rings. The molecular formula is C27H22N6O5. The van der Waals surface area contributed by atoms with E-state index in [1.807, 2.05) is 6.07 Å². The maximum atomic E-state index is 13.0. The molecule has 3 N–H and O–H groups in total. The molecule has 11 nitrogen and oxygen atoms in total. The Balaban J connectivity index is 1.57. The van der Waals surface area contributed by atoms with Crippen molar-refractivity contribution >= 4 is 29.8 Å². The third-order valence-corrected chi connectivity index (χ3v) is 5.43. The topological polar surface area (TPSA) is 151 Å². The number of aromatic nitrogens is 2. The second-order valence-electron chi connectivity index (χ2n) is 8.05. The number of carbonyl (C=O) groups is 2. The number of nitrogens with zero attached hydrogens (tertiary/aromatic N) is 3. The van der Waals surface area contributed by atoms with Gasteiger partial charge >= 0.3 is 0 Å². The number of aromatic amines is 1. The molecule has 0 spiro atoms. The van der Waals surface area contributed by atoms with E-state index in [1.165, 1.54) is 41.2 Å². The summed E-state index contributed by atoms with van der Waals surface area (Å²) < 4.78 is 1.36. The van der Waals surface area contributed by atoms with Gasteiger partial charge in [0.15, 0.2) is 0 Å². The number of nitrogens with one attached hydrogen (secondary N) is 3. The van der Waals surface area contributed by atoms with E-state index >= 15 is 0 Å². The van der Waals surface area contributed by atoms with Crippen molar-refractivity contribution in [1.82, 2.24) is 20.5 Å². The monoisotopic (exact) mass is 510 g/mol. The van der Waals surface area contributed by atoms with Crippen molar-refractivity contribution in [3.8, 4) is 5.69 Å². The Morgan fingerprint density at radius 2 is 1.61 bits per heavy atom. The van der Waals surface area contributed by atoms with E-state index in [0.717, 1.165) is 0 Å². The van der Waals surface area contributed by atoms with Gasteiger partial charge < -0.3 is 5.32 Å². The van der Waals surface area contributed by atoms with Gasteiger partial charge in [0, 0.05) is 23.4 Å². The first kappa shape index (κ1) is 25.5. The van der Waals surface area contributed by atoms with Crippen LogP contribution in [0.1, 0.15) is 27.2 Å². The normalized spacial score (nSPS) is 11.3. The highest BCUT2D eigenvalue weighted by atomic mass is 16.6. The van der Waals surface area contributed by atoms with Crippen LogP contribution in [0.4, 0.5) is 5.69 Å². The Labute approximate surface area is 216 Å². The summed E-state index contributed by atoms with van der Waals surface area (Å²) in [4.78, 5) is 48.9. The lowest BCUT2D eigenvalue weighted by Crippen LogP contribution is -2.33. The minimum Gasteiger partial charge on any atom is -0.317 e. The van der Waals surface area contributed by atoms with Crippen molar-refractivity contribution in [2.45, 2.75) is 6.92 Å². The molecule has 0 saturated heterocycles. The number of aryl methyl sites for hydroxylation is 1. The minimum absolute atomic E-state index is 0.117. The standard InChI is InChI=1S/C27H22N6O5/c1-18-23(27(36)32(31-18)21-10-6-3-7-11-21)17-28-30-26(35)24(29-25(34)20-8-4-2-5-9-20)16-19-12-14-22(15-13-19)33(37)38/h2-17,31H,1H3,(H,29,34)(H,30,35)/b24-16-,28-17?. The first-order valence-corrected chi connectivity index (χ1v) is 11.4. The summed E-state index contributed by atoms with van der Waals surface area (Å²) in [5.74, 6) is -1.30. The van der Waals surface area contributed by atoms with Crippen LogP contribution in [0.3, 0.4) is 0 Å². The Morgan fingerprint density at radius 1 is 0.974 bits per heavy atom. The van der Waals surface area contributed by atoms with Crippen LogP contribution >= 0.6 is 0 Å². The highest BCUT2D eigenvalue weighted by molar-refractivity contribution is 6.05. The van der Waals surface area contributed by atoms with Gasteiger partial charge in [-0.05, 0) is 55.0 Å². The van der Waals surface area contributed by atoms with Crippen LogP contribution in [0.15, 0.2) is 101 Å². The molecule has 190 valence electrons. The molecule has 0 fully saturated rings. The fourth-order valence-corrected chi connectivity index (χ4v) is 3.49. The van der Waals surface area contributed by atoms with Crippen molar-refractivity contribution in [3.05, 3.63) is 133 Å². The number of nitro benzene ring substituents is 1. The van der Waals surface area contributed by atoms with E-state index in [9.17, 15) is 24.5 Å². The van der Waals surface area contributed by atoms with Gasteiger partial charge in [-0.1, -0.05) is 36.4 Å². The van der Waals surface area contributed by atoms with E-state index in [4.69, 9.17) is 0 Å². The highest BCUT2D eigenvalue weighted by Gasteiger charge is 2.15. The Morgan fingerprint density at radius 3 is 2.24 bits per heavy atom. The van der Waals surface area contributed by atoms with Crippen LogP contribution in [-0.4, -0.2) is 32.7 Å². The molecule has 0 saturated carbocycles. The Kier molecular flexibility index (Phi) is 7.68. The molecule has 0 aliphatic heterocycles. The number of amides is 2. The highest BCUT2D eigenvalue weighted by Crippen LogP contribution is 2.14. The zero-order chi connectivity index (χ0) is 27.1. The van der Waals surface area contributed by atoms with E-state index in [0.29, 0.717) is 22.5 Å². The van der Waals surface area contributed by atoms with Crippen molar-refractivity contribution in [3.63, 3.8) is 0 Å². The Hall–Kier alpha value is -5.58. The quantitative estimate of drug-likeness (QED) is 0.144. The van der Waals surface area contributed by atoms with E-state index in [2.05, 4.69) is 20.9 Å². The van der Waals surface area contributed by atoms with E-state index in [1.54, 1.807) is 61.5 Å². The molecule has 11 heteroatoms. The second kappa shape index (κ2) is 11.4. The predicted molar refractivity (Wildman–Crippen MR) is 142 cm³/mol. The smallest absolute Gasteiger partial charge is 0.287 e. The number of non-ortho nitro benzene ring substituents is 1. The van der Waals surface area contributed by atoms with Crippen LogP contribution in [0.25, 0.3) is 11.8 Å². The van der Waals surface area contributed by atoms with Gasteiger partial charge in [-0.2, -0.15) is 5.10 Å². The van der Waals surface area contributed by atoms with Gasteiger partial charge in [-0.25, -0.2) is 10.1 Å². The van der Waals surface area contributed by atoms with Crippen LogP contribution in [-0.2, 0) is 4.79 Å². The van der Waals surface area contributed by atoms with Crippen molar-refractivity contribution in [2.24, 2.45) is 5.10 Å². The Bertz CT molecular complexity index is 1590. The average molecular weight is 511 g/mol. The van der Waals surface area contributed by atoms with E-state index < -0.39 is 16.7 Å². The maximum absolute atomic E-state index is 13.0. The van der Waals surface area contributed by atoms with Gasteiger partial charge in [0.1, 0.15) is 5.70 Å². The summed E-state index contributed by atoms with van der Waals surface area (Å²) >= 11 is 0. The lowest BCUT2D eigenvalue weighted by molar-refractivity contribution is -0.384. The third-order valence-electron chi connectivity index (χ3n) is 5.43. The van der Waals surface area contributed by atoms with Crippen LogP contribution in [0.5, 0.6) is 0 Å². The average Bonchev–Trinajstić information content (AvgIpc) is 3.22. The summed E-state index contributed by atoms with van der Waals surface area (Å²) in [5.41, 5.74) is 3.87. The molecule has 0 bridgehead atoms. The summed E-state index contributed by atoms with van der Waals surface area (Å²) in [6, 6.07) is 22.7.